The molecule has 0 unspecified atom stereocenters. The first kappa shape index (κ1) is 16.6. The Balaban J connectivity index is 3.08. The molecule has 0 radical (unpaired) electrons. The normalized spacial score (nSPS) is 11.0. The second-order valence-corrected chi connectivity index (χ2v) is 5.27. The van der Waals surface area contributed by atoms with Crippen molar-refractivity contribution in [3.63, 3.8) is 0 Å². The van der Waals surface area contributed by atoms with Crippen LogP contribution in [-0.2, 0) is 4.74 Å². The van der Waals surface area contributed by atoms with Gasteiger partial charge in [0.2, 0.25) is 0 Å². The highest BCUT2D eigenvalue weighted by molar-refractivity contribution is 6.04. The smallest absolute Gasteiger partial charge is 0.339 e. The van der Waals surface area contributed by atoms with Crippen LogP contribution in [0.5, 0.6) is 0 Å². The lowest BCUT2D eigenvalue weighted by Gasteiger charge is -2.21. The molecule has 0 saturated heterocycles. The van der Waals surface area contributed by atoms with Crippen LogP contribution in [0.3, 0.4) is 0 Å². The fourth-order valence-electron chi connectivity index (χ4n) is 1.42. The standard InChI is InChI=1S/C14H16O7/c1-14(2,6-15)7-21-13(20)10-5-8(11(16)17)3-4-9(10)12(18)19/h3-5,15H,6-7H2,1-2H3,(H,16,17)(H,18,19). The van der Waals surface area contributed by atoms with Gasteiger partial charge >= 0.3 is 17.9 Å². The molecule has 21 heavy (non-hydrogen) atoms. The highest BCUT2D eigenvalue weighted by Gasteiger charge is 2.23. The van der Waals surface area contributed by atoms with Gasteiger partial charge in [0.15, 0.2) is 0 Å². The van der Waals surface area contributed by atoms with Crippen LogP contribution in [0.25, 0.3) is 0 Å². The lowest BCUT2D eigenvalue weighted by molar-refractivity contribution is 0.0215. The number of hydrogen-bond donors (Lipinski definition) is 3. The molecule has 0 aliphatic rings. The topological polar surface area (TPSA) is 121 Å². The summed E-state index contributed by atoms with van der Waals surface area (Å²) in [5.74, 6) is -3.59. The van der Waals surface area contributed by atoms with Crippen molar-refractivity contribution >= 4 is 17.9 Å². The van der Waals surface area contributed by atoms with Gasteiger partial charge in [-0.15, -0.1) is 0 Å². The first-order valence-corrected chi connectivity index (χ1v) is 6.06. The summed E-state index contributed by atoms with van der Waals surface area (Å²) in [5.41, 5.74) is -1.57. The summed E-state index contributed by atoms with van der Waals surface area (Å²) in [4.78, 5) is 33.9. The molecule has 0 spiro atoms. The van der Waals surface area contributed by atoms with E-state index < -0.39 is 23.3 Å². The maximum atomic E-state index is 11.9. The number of esters is 1. The molecule has 0 aliphatic heterocycles. The summed E-state index contributed by atoms with van der Waals surface area (Å²) >= 11 is 0. The van der Waals surface area contributed by atoms with Crippen molar-refractivity contribution in [1.29, 1.82) is 0 Å². The van der Waals surface area contributed by atoms with Gasteiger partial charge in [0, 0.05) is 5.41 Å². The number of aliphatic hydroxyl groups is 1. The Kier molecular flexibility index (Phi) is 5.04. The number of carboxylic acid groups (broad SMARTS) is 2. The van der Waals surface area contributed by atoms with E-state index in [4.69, 9.17) is 20.1 Å². The SMILES string of the molecule is CC(C)(CO)COC(=O)c1cc(C(=O)O)ccc1C(=O)O. The zero-order valence-corrected chi connectivity index (χ0v) is 11.6. The second kappa shape index (κ2) is 6.36. The highest BCUT2D eigenvalue weighted by atomic mass is 16.5. The Hall–Kier alpha value is -2.41. The summed E-state index contributed by atoms with van der Waals surface area (Å²) in [7, 11) is 0. The average molecular weight is 296 g/mol. The third-order valence-electron chi connectivity index (χ3n) is 2.74. The van der Waals surface area contributed by atoms with Gasteiger partial charge in [0.1, 0.15) is 0 Å². The van der Waals surface area contributed by atoms with E-state index in [1.54, 1.807) is 13.8 Å². The van der Waals surface area contributed by atoms with E-state index in [2.05, 4.69) is 0 Å². The molecule has 0 atom stereocenters. The lowest BCUT2D eigenvalue weighted by atomic mass is 9.96. The second-order valence-electron chi connectivity index (χ2n) is 5.27. The van der Waals surface area contributed by atoms with Crippen molar-refractivity contribution in [3.05, 3.63) is 34.9 Å². The first-order chi connectivity index (χ1) is 9.68. The number of carbonyl (C=O) groups excluding carboxylic acids is 1. The number of rotatable bonds is 6. The monoisotopic (exact) mass is 296 g/mol. The molecule has 0 bridgehead atoms. The molecule has 0 amide bonds. The van der Waals surface area contributed by atoms with Crippen LogP contribution in [0.4, 0.5) is 0 Å². The molecule has 0 heterocycles. The fourth-order valence-corrected chi connectivity index (χ4v) is 1.42. The summed E-state index contributed by atoms with van der Waals surface area (Å²) in [6.45, 7) is 2.97. The quantitative estimate of drug-likeness (QED) is 0.675. The van der Waals surface area contributed by atoms with Crippen LogP contribution >= 0.6 is 0 Å². The van der Waals surface area contributed by atoms with Gasteiger partial charge < -0.3 is 20.1 Å². The van der Waals surface area contributed by atoms with E-state index in [1.165, 1.54) is 0 Å². The summed E-state index contributed by atoms with van der Waals surface area (Å²) in [6.07, 6.45) is 0. The van der Waals surface area contributed by atoms with Gasteiger partial charge in [-0.2, -0.15) is 0 Å². The van der Waals surface area contributed by atoms with E-state index in [0.717, 1.165) is 18.2 Å². The van der Waals surface area contributed by atoms with E-state index >= 15 is 0 Å². The lowest BCUT2D eigenvalue weighted by Crippen LogP contribution is -2.26. The molecule has 114 valence electrons. The minimum absolute atomic E-state index is 0.126. The molecule has 1 aromatic carbocycles. The molecule has 7 nitrogen and oxygen atoms in total. The molecular formula is C14H16O7. The molecule has 0 fully saturated rings. The highest BCUT2D eigenvalue weighted by Crippen LogP contribution is 2.18. The number of aliphatic hydroxyl groups excluding tert-OH is 1. The zero-order chi connectivity index (χ0) is 16.2. The number of ether oxygens (including phenoxy) is 1. The van der Waals surface area contributed by atoms with Crippen molar-refractivity contribution in [1.82, 2.24) is 0 Å². The summed E-state index contributed by atoms with van der Waals surface area (Å²) in [6, 6.07) is 3.10. The molecule has 3 N–H and O–H groups in total. The van der Waals surface area contributed by atoms with Crippen LogP contribution in [-0.4, -0.2) is 46.4 Å². The van der Waals surface area contributed by atoms with Gasteiger partial charge in [-0.05, 0) is 18.2 Å². The average Bonchev–Trinajstić information content (AvgIpc) is 2.44. The number of carboxylic acids is 2. The molecule has 1 rings (SSSR count). The van der Waals surface area contributed by atoms with Crippen LogP contribution in [0, 0.1) is 5.41 Å². The Labute approximate surface area is 120 Å². The number of aromatic carboxylic acids is 2. The van der Waals surface area contributed by atoms with Gasteiger partial charge in [-0.25, -0.2) is 14.4 Å². The fraction of sp³-hybridized carbons (Fsp3) is 0.357. The molecular weight excluding hydrogens is 280 g/mol. The van der Waals surface area contributed by atoms with Crippen molar-refractivity contribution in [2.24, 2.45) is 5.41 Å². The third-order valence-corrected chi connectivity index (χ3v) is 2.74. The van der Waals surface area contributed by atoms with Crippen LogP contribution in [0.1, 0.15) is 44.9 Å². The van der Waals surface area contributed by atoms with Crippen molar-refractivity contribution in [2.45, 2.75) is 13.8 Å². The first-order valence-electron chi connectivity index (χ1n) is 6.06. The minimum Gasteiger partial charge on any atom is -0.478 e. The number of carbonyl (C=O) groups is 3. The Bertz CT molecular complexity index is 575. The zero-order valence-electron chi connectivity index (χ0n) is 11.6. The van der Waals surface area contributed by atoms with Crippen LogP contribution in [0.2, 0.25) is 0 Å². The van der Waals surface area contributed by atoms with E-state index in [1.807, 2.05) is 0 Å². The van der Waals surface area contributed by atoms with Crippen molar-refractivity contribution in [3.8, 4) is 0 Å². The Morgan fingerprint density at radius 2 is 1.71 bits per heavy atom. The molecule has 0 saturated carbocycles. The van der Waals surface area contributed by atoms with E-state index in [0.29, 0.717) is 0 Å². The van der Waals surface area contributed by atoms with Gasteiger partial charge in [-0.3, -0.25) is 0 Å². The number of hydrogen-bond acceptors (Lipinski definition) is 5. The van der Waals surface area contributed by atoms with Crippen molar-refractivity contribution in [2.75, 3.05) is 13.2 Å². The molecule has 7 heteroatoms. The molecule has 0 aromatic heterocycles. The molecule has 0 aliphatic carbocycles. The summed E-state index contributed by atoms with van der Waals surface area (Å²) in [5, 5.41) is 27.0. The van der Waals surface area contributed by atoms with E-state index in [9.17, 15) is 14.4 Å². The van der Waals surface area contributed by atoms with E-state index in [-0.39, 0.29) is 29.9 Å². The third kappa shape index (κ3) is 4.28. The Morgan fingerprint density at radius 3 is 2.19 bits per heavy atom. The largest absolute Gasteiger partial charge is 0.478 e. The van der Waals surface area contributed by atoms with Gasteiger partial charge in [-0.1, -0.05) is 13.8 Å². The van der Waals surface area contributed by atoms with Gasteiger partial charge in [0.05, 0.1) is 29.9 Å². The van der Waals surface area contributed by atoms with Crippen molar-refractivity contribution < 1.29 is 34.4 Å². The maximum Gasteiger partial charge on any atom is 0.339 e. The number of benzene rings is 1. The predicted molar refractivity (Wildman–Crippen MR) is 71.5 cm³/mol. The molecule has 1 aromatic rings. The van der Waals surface area contributed by atoms with Crippen LogP contribution in [0.15, 0.2) is 18.2 Å². The van der Waals surface area contributed by atoms with Gasteiger partial charge in [0.25, 0.3) is 0 Å². The minimum atomic E-state index is -1.36. The maximum absolute atomic E-state index is 11.9. The predicted octanol–water partition coefficient (Wildman–Crippen LogP) is 1.26. The summed E-state index contributed by atoms with van der Waals surface area (Å²) < 4.78 is 4.95. The van der Waals surface area contributed by atoms with Crippen LogP contribution < -0.4 is 0 Å². The Morgan fingerprint density at radius 1 is 1.10 bits per heavy atom.